The first-order valence-corrected chi connectivity index (χ1v) is 12.9. The Hall–Kier alpha value is -3.12. The fourth-order valence-electron chi connectivity index (χ4n) is 4.75. The molecule has 3 aromatic rings. The molecule has 2 aliphatic rings. The maximum absolute atomic E-state index is 2.36. The molecule has 2 unspecified atom stereocenters. The van der Waals surface area contributed by atoms with Gasteiger partial charge in [-0.25, -0.2) is 0 Å². The van der Waals surface area contributed by atoms with Crippen molar-refractivity contribution in [3.63, 3.8) is 0 Å². The maximum Gasteiger partial charge on any atom is 0.00697 e. The zero-order valence-corrected chi connectivity index (χ0v) is 22.4. The molecule has 0 spiro atoms. The Morgan fingerprint density at radius 3 is 1.76 bits per heavy atom. The molecule has 34 heavy (non-hydrogen) atoms. The second-order valence-electron chi connectivity index (χ2n) is 8.21. The minimum Gasteiger partial charge on any atom is -0.0874 e. The molecule has 0 nitrogen and oxygen atoms in total. The minimum absolute atomic E-state index is 0.534. The van der Waals surface area contributed by atoms with E-state index in [-0.39, 0.29) is 0 Å². The van der Waals surface area contributed by atoms with Crippen molar-refractivity contribution in [2.75, 3.05) is 0 Å². The van der Waals surface area contributed by atoms with Gasteiger partial charge in [-0.15, -0.1) is 0 Å². The number of benzene rings is 3. The summed E-state index contributed by atoms with van der Waals surface area (Å²) in [5.41, 5.74) is 11.3. The molecule has 2 atom stereocenters. The van der Waals surface area contributed by atoms with Gasteiger partial charge in [-0.3, -0.25) is 0 Å². The van der Waals surface area contributed by atoms with E-state index in [9.17, 15) is 0 Å². The van der Waals surface area contributed by atoms with Gasteiger partial charge in [-0.05, 0) is 58.4 Å². The van der Waals surface area contributed by atoms with Crippen LogP contribution < -0.4 is 0 Å². The van der Waals surface area contributed by atoms with Gasteiger partial charge < -0.3 is 0 Å². The highest BCUT2D eigenvalue weighted by atomic mass is 14.3. The first kappa shape index (κ1) is 27.1. The normalized spacial score (nSPS) is 17.4. The topological polar surface area (TPSA) is 0 Å². The molecule has 178 valence electrons. The van der Waals surface area contributed by atoms with Crippen molar-refractivity contribution < 1.29 is 0 Å². The van der Waals surface area contributed by atoms with Crippen LogP contribution in [0.5, 0.6) is 0 Å². The average Bonchev–Trinajstić information content (AvgIpc) is 3.37. The third-order valence-electron chi connectivity index (χ3n) is 6.32. The highest BCUT2D eigenvalue weighted by molar-refractivity contribution is 5.85. The van der Waals surface area contributed by atoms with Crippen molar-refractivity contribution in [1.29, 1.82) is 0 Å². The minimum atomic E-state index is 0.534. The Morgan fingerprint density at radius 2 is 1.18 bits per heavy atom. The molecule has 0 saturated carbocycles. The SMILES string of the molecule is C/C=C\C1=C(C)c2ccccc2C1C.CC.CC.CC1C=C(c2ccccc2)c2ccccc21. The summed E-state index contributed by atoms with van der Waals surface area (Å²) < 4.78 is 0. The van der Waals surface area contributed by atoms with Gasteiger partial charge in [0, 0.05) is 11.8 Å². The van der Waals surface area contributed by atoms with Gasteiger partial charge in [-0.2, -0.15) is 0 Å². The summed E-state index contributed by atoms with van der Waals surface area (Å²) in [6.07, 6.45) is 6.72. The fourth-order valence-corrected chi connectivity index (χ4v) is 4.75. The number of allylic oxidation sites excluding steroid dienone is 5. The molecule has 5 rings (SSSR count). The lowest BCUT2D eigenvalue weighted by Gasteiger charge is -2.06. The Morgan fingerprint density at radius 1 is 0.647 bits per heavy atom. The smallest absolute Gasteiger partial charge is 0.00697 e. The predicted octanol–water partition coefficient (Wildman–Crippen LogP) is 10.4. The lowest BCUT2D eigenvalue weighted by molar-refractivity contribution is 0.946. The van der Waals surface area contributed by atoms with Crippen molar-refractivity contribution in [3.05, 3.63) is 130 Å². The van der Waals surface area contributed by atoms with Gasteiger partial charge in [0.2, 0.25) is 0 Å². The van der Waals surface area contributed by atoms with E-state index in [1.54, 1.807) is 0 Å². The molecular weight excluding hydrogens is 408 g/mol. The molecule has 0 fully saturated rings. The van der Waals surface area contributed by atoms with E-state index >= 15 is 0 Å². The second-order valence-corrected chi connectivity index (χ2v) is 8.21. The lowest BCUT2D eigenvalue weighted by Crippen LogP contribution is -1.90. The van der Waals surface area contributed by atoms with Crippen LogP contribution in [0.4, 0.5) is 0 Å². The summed E-state index contributed by atoms with van der Waals surface area (Å²) >= 11 is 0. The van der Waals surface area contributed by atoms with Gasteiger partial charge in [0.25, 0.3) is 0 Å². The van der Waals surface area contributed by atoms with Crippen molar-refractivity contribution in [2.24, 2.45) is 0 Å². The van der Waals surface area contributed by atoms with Crippen molar-refractivity contribution in [3.8, 4) is 0 Å². The summed E-state index contributed by atoms with van der Waals surface area (Å²) in [6, 6.07) is 28.0. The second kappa shape index (κ2) is 13.6. The van der Waals surface area contributed by atoms with Crippen LogP contribution in [0.25, 0.3) is 11.1 Å². The van der Waals surface area contributed by atoms with E-state index in [1.165, 1.54) is 44.5 Å². The average molecular weight is 451 g/mol. The molecule has 0 amide bonds. The van der Waals surface area contributed by atoms with Crippen LogP contribution in [0.15, 0.2) is 103 Å². The van der Waals surface area contributed by atoms with Gasteiger partial charge >= 0.3 is 0 Å². The third kappa shape index (κ3) is 5.86. The number of fused-ring (bicyclic) bond motifs is 2. The van der Waals surface area contributed by atoms with E-state index < -0.39 is 0 Å². The van der Waals surface area contributed by atoms with Gasteiger partial charge in [0.1, 0.15) is 0 Å². The Balaban J connectivity index is 0.000000211. The van der Waals surface area contributed by atoms with Crippen LogP contribution in [0.3, 0.4) is 0 Å². The van der Waals surface area contributed by atoms with Crippen molar-refractivity contribution >= 4 is 11.1 Å². The summed E-state index contributed by atoms with van der Waals surface area (Å²) in [4.78, 5) is 0. The number of rotatable bonds is 2. The summed E-state index contributed by atoms with van der Waals surface area (Å²) in [7, 11) is 0. The molecule has 3 aromatic carbocycles. The lowest BCUT2D eigenvalue weighted by atomic mass is 9.98. The van der Waals surface area contributed by atoms with Gasteiger partial charge in [0.05, 0.1) is 0 Å². The van der Waals surface area contributed by atoms with Crippen LogP contribution in [0, 0.1) is 0 Å². The predicted molar refractivity (Wildman–Crippen MR) is 153 cm³/mol. The monoisotopic (exact) mass is 450 g/mol. The zero-order chi connectivity index (χ0) is 25.1. The molecule has 2 aliphatic carbocycles. The van der Waals surface area contributed by atoms with E-state index in [4.69, 9.17) is 0 Å². The molecule has 0 aliphatic heterocycles. The molecule has 0 heterocycles. The van der Waals surface area contributed by atoms with E-state index in [0.717, 1.165) is 0 Å². The number of hydrogen-bond donors (Lipinski definition) is 0. The Bertz CT molecular complexity index is 1130. The van der Waals surface area contributed by atoms with Crippen molar-refractivity contribution in [2.45, 2.75) is 67.2 Å². The Labute approximate surface area is 208 Å². The first-order valence-electron chi connectivity index (χ1n) is 12.9. The van der Waals surface area contributed by atoms with Crippen LogP contribution in [0.2, 0.25) is 0 Å². The standard InChI is InChI=1S/C16H14.C14H16.2C2H6/c1-12-11-16(13-7-3-2-4-8-13)15-10-6-5-9-14(12)15;1-4-7-12-10(2)13-8-5-6-9-14(13)11(12)3;2*1-2/h2-12H,1H3;4-10H,1-3H3;2*1-2H3/b;7-4-;;. The van der Waals surface area contributed by atoms with Crippen LogP contribution in [0.1, 0.15) is 95.0 Å². The summed E-state index contributed by atoms with van der Waals surface area (Å²) in [5, 5.41) is 0. The zero-order valence-electron chi connectivity index (χ0n) is 22.4. The molecule has 0 radical (unpaired) electrons. The first-order chi connectivity index (χ1) is 16.6. The molecule has 0 aromatic heterocycles. The number of hydrogen-bond acceptors (Lipinski definition) is 0. The van der Waals surface area contributed by atoms with Crippen molar-refractivity contribution in [1.82, 2.24) is 0 Å². The molecule has 0 heteroatoms. The van der Waals surface area contributed by atoms with Gasteiger partial charge in [-0.1, -0.05) is 139 Å². The quantitative estimate of drug-likeness (QED) is 0.364. The van der Waals surface area contributed by atoms with Crippen LogP contribution >= 0.6 is 0 Å². The molecule has 0 bridgehead atoms. The highest BCUT2D eigenvalue weighted by Gasteiger charge is 2.23. The largest absolute Gasteiger partial charge is 0.0874 e. The van der Waals surface area contributed by atoms with E-state index in [1.807, 2.05) is 27.7 Å². The highest BCUT2D eigenvalue weighted by Crippen LogP contribution is 2.41. The van der Waals surface area contributed by atoms with Crippen LogP contribution in [-0.2, 0) is 0 Å². The summed E-state index contributed by atoms with van der Waals surface area (Å²) in [5.74, 6) is 1.09. The fraction of sp³-hybridized carbons (Fsp3) is 0.294. The van der Waals surface area contributed by atoms with Crippen LogP contribution in [-0.4, -0.2) is 0 Å². The molecule has 0 N–H and O–H groups in total. The third-order valence-corrected chi connectivity index (χ3v) is 6.32. The molecular formula is C34H42. The maximum atomic E-state index is 2.36. The van der Waals surface area contributed by atoms with E-state index in [0.29, 0.717) is 11.8 Å². The summed E-state index contributed by atoms with van der Waals surface area (Å²) in [6.45, 7) is 16.8. The van der Waals surface area contributed by atoms with E-state index in [2.05, 4.69) is 125 Å². The van der Waals surface area contributed by atoms with Gasteiger partial charge in [0.15, 0.2) is 0 Å². The Kier molecular flexibility index (Phi) is 10.8. The molecule has 0 saturated heterocycles.